The third kappa shape index (κ3) is 8.60. The van der Waals surface area contributed by atoms with E-state index in [-0.39, 0.29) is 26.7 Å². The van der Waals surface area contributed by atoms with Crippen molar-refractivity contribution in [3.63, 3.8) is 0 Å². The van der Waals surface area contributed by atoms with Crippen LogP contribution in [0.4, 0.5) is 9.18 Å². The van der Waals surface area contributed by atoms with E-state index in [0.29, 0.717) is 42.8 Å². The third-order valence-corrected chi connectivity index (χ3v) is 9.47. The number of carbonyl (C=O) groups is 2. The van der Waals surface area contributed by atoms with E-state index in [1.165, 1.54) is 33.0 Å². The quantitative estimate of drug-likeness (QED) is 0.293. The number of Topliss-reactive ketones (excluding diaryl/α,β-unsaturated/α-hetero) is 1. The first-order valence-electron chi connectivity index (χ1n) is 15.4. The lowest BCUT2D eigenvalue weighted by molar-refractivity contribution is -0.124. The number of hydrogen-bond acceptors (Lipinski definition) is 6. The Hall–Kier alpha value is -1.97. The molecule has 2 aliphatic heterocycles. The van der Waals surface area contributed by atoms with Crippen molar-refractivity contribution in [3.05, 3.63) is 32.5 Å². The minimum atomic E-state index is -0.963. The lowest BCUT2D eigenvalue weighted by Gasteiger charge is -2.42. The summed E-state index contributed by atoms with van der Waals surface area (Å²) >= 11 is 9.60. The smallest absolute Gasteiger partial charge is 0.410 e. The van der Waals surface area contributed by atoms with Crippen LogP contribution in [0.5, 0.6) is 5.88 Å². The van der Waals surface area contributed by atoms with Crippen LogP contribution in [0.3, 0.4) is 0 Å². The van der Waals surface area contributed by atoms with Gasteiger partial charge < -0.3 is 19.3 Å². The van der Waals surface area contributed by atoms with E-state index in [1.807, 2.05) is 48.5 Å². The van der Waals surface area contributed by atoms with Crippen LogP contribution < -0.4 is 4.74 Å². The Labute approximate surface area is 270 Å². The van der Waals surface area contributed by atoms with Crippen molar-refractivity contribution in [2.24, 2.45) is 0 Å². The van der Waals surface area contributed by atoms with E-state index in [0.717, 1.165) is 12.0 Å². The highest BCUT2D eigenvalue weighted by atomic mass is 79.9. The molecule has 0 spiro atoms. The summed E-state index contributed by atoms with van der Waals surface area (Å²) in [6.45, 7) is 18.4. The van der Waals surface area contributed by atoms with Gasteiger partial charge >= 0.3 is 6.09 Å². The van der Waals surface area contributed by atoms with Gasteiger partial charge in [0.25, 0.3) is 0 Å². The van der Waals surface area contributed by atoms with Crippen molar-refractivity contribution in [3.8, 4) is 5.88 Å². The number of ether oxygens (including phenoxy) is 2. The van der Waals surface area contributed by atoms with Gasteiger partial charge in [0.05, 0.1) is 22.0 Å². The molecule has 2 aromatic rings. The Morgan fingerprint density at radius 1 is 1.16 bits per heavy atom. The van der Waals surface area contributed by atoms with E-state index in [4.69, 9.17) is 21.1 Å². The zero-order chi connectivity index (χ0) is 32.7. The highest BCUT2D eigenvalue weighted by molar-refractivity contribution is 9.10. The Balaban J connectivity index is 0.000000706. The molecule has 1 unspecified atom stereocenters. The van der Waals surface area contributed by atoms with E-state index < -0.39 is 22.9 Å². The van der Waals surface area contributed by atoms with Gasteiger partial charge in [-0.1, -0.05) is 39.3 Å². The number of benzene rings is 1. The van der Waals surface area contributed by atoms with Gasteiger partial charge in [-0.25, -0.2) is 14.2 Å². The predicted molar refractivity (Wildman–Crippen MR) is 177 cm³/mol. The first kappa shape index (κ1) is 37.2. The summed E-state index contributed by atoms with van der Waals surface area (Å²) in [6, 6.07) is 1.67. The topological polar surface area (TPSA) is 72.0 Å². The molecule has 0 radical (unpaired) electrons. The zero-order valence-corrected chi connectivity index (χ0v) is 30.0. The molecular weight excluding hydrogens is 637 g/mol. The largest absolute Gasteiger partial charge is 0.481 e. The maximum atomic E-state index is 15.4. The third-order valence-electron chi connectivity index (χ3n) is 8.17. The predicted octanol–water partition coefficient (Wildman–Crippen LogP) is 8.91. The normalized spacial score (nSPS) is 17.4. The van der Waals surface area contributed by atoms with Gasteiger partial charge in [0, 0.05) is 24.0 Å². The minimum absolute atomic E-state index is 0.0116. The van der Waals surface area contributed by atoms with Crippen molar-refractivity contribution in [2.45, 2.75) is 104 Å². The number of carbonyl (C=O) groups excluding carboxylic acids is 2. The van der Waals surface area contributed by atoms with E-state index in [2.05, 4.69) is 32.9 Å². The molecule has 0 aliphatic carbocycles. The van der Waals surface area contributed by atoms with E-state index in [9.17, 15) is 9.59 Å². The number of likely N-dealkylation sites (tertiary alicyclic amines) is 2. The van der Waals surface area contributed by atoms with Crippen LogP contribution in [-0.4, -0.2) is 72.6 Å². The van der Waals surface area contributed by atoms with Crippen LogP contribution in [0.25, 0.3) is 10.9 Å². The van der Waals surface area contributed by atoms with Gasteiger partial charge in [0.1, 0.15) is 16.9 Å². The summed E-state index contributed by atoms with van der Waals surface area (Å²) in [4.78, 5) is 34.6. The maximum Gasteiger partial charge on any atom is 0.410 e. The van der Waals surface area contributed by atoms with Crippen molar-refractivity contribution >= 4 is 50.3 Å². The van der Waals surface area contributed by atoms with Gasteiger partial charge in [-0.3, -0.25) is 4.79 Å². The van der Waals surface area contributed by atoms with Crippen LogP contribution in [0.15, 0.2) is 10.5 Å². The number of rotatable bonds is 5. The maximum absolute atomic E-state index is 15.4. The van der Waals surface area contributed by atoms with Crippen LogP contribution in [0.1, 0.15) is 105 Å². The first-order valence-corrected chi connectivity index (χ1v) is 16.6. The molecule has 2 saturated heterocycles. The average Bonchev–Trinajstić information content (AvgIpc) is 3.46. The van der Waals surface area contributed by atoms with Crippen molar-refractivity contribution in [1.29, 1.82) is 0 Å². The lowest BCUT2D eigenvalue weighted by Crippen LogP contribution is -2.50. The molecule has 1 aromatic carbocycles. The van der Waals surface area contributed by atoms with Gasteiger partial charge in [0.2, 0.25) is 5.88 Å². The summed E-state index contributed by atoms with van der Waals surface area (Å²) in [5, 5.41) is 0.691. The number of pyridine rings is 1. The number of piperidine rings is 1. The van der Waals surface area contributed by atoms with Crippen LogP contribution in [0, 0.1) is 5.82 Å². The van der Waals surface area contributed by atoms with Gasteiger partial charge in [0.15, 0.2) is 5.82 Å². The Bertz CT molecular complexity index is 1270. The number of amides is 1. The number of methoxy groups -OCH3 is 1. The summed E-state index contributed by atoms with van der Waals surface area (Å²) in [7, 11) is 3.67. The molecular formula is C33H50BrClFN3O4. The highest BCUT2D eigenvalue weighted by Crippen LogP contribution is 2.48. The summed E-state index contributed by atoms with van der Waals surface area (Å²) in [6.07, 6.45) is 3.91. The molecule has 7 nitrogen and oxygen atoms in total. The molecule has 0 saturated carbocycles. The van der Waals surface area contributed by atoms with Crippen molar-refractivity contribution in [1.82, 2.24) is 14.8 Å². The molecule has 1 aromatic heterocycles. The number of nitrogens with zero attached hydrogens (tertiary/aromatic N) is 3. The monoisotopic (exact) mass is 685 g/mol. The van der Waals surface area contributed by atoms with E-state index >= 15 is 4.39 Å². The molecule has 0 N–H and O–H groups in total. The van der Waals surface area contributed by atoms with Gasteiger partial charge in [-0.2, -0.15) is 0 Å². The number of halogens is 3. The molecule has 0 bridgehead atoms. The summed E-state index contributed by atoms with van der Waals surface area (Å²) in [5.74, 6) is -0.375. The molecule has 242 valence electrons. The second-order valence-corrected chi connectivity index (χ2v) is 13.4. The highest BCUT2D eigenvalue weighted by Gasteiger charge is 2.46. The Morgan fingerprint density at radius 3 is 2.14 bits per heavy atom. The number of ketones is 1. The van der Waals surface area contributed by atoms with Crippen molar-refractivity contribution in [2.75, 3.05) is 40.3 Å². The van der Waals surface area contributed by atoms with Crippen LogP contribution in [-0.2, 0) is 14.9 Å². The average molecular weight is 687 g/mol. The second-order valence-electron chi connectivity index (χ2n) is 12.2. The lowest BCUT2D eigenvalue weighted by atomic mass is 9.66. The molecule has 3 heterocycles. The summed E-state index contributed by atoms with van der Waals surface area (Å²) < 4.78 is 26.7. The molecule has 10 heteroatoms. The molecule has 43 heavy (non-hydrogen) atoms. The fraction of sp³-hybridized carbons (Fsp3) is 0.667. The number of aromatic nitrogens is 1. The molecule has 2 aliphatic rings. The molecule has 1 atom stereocenters. The zero-order valence-electron chi connectivity index (χ0n) is 27.6. The molecule has 2 fully saturated rings. The van der Waals surface area contributed by atoms with Crippen molar-refractivity contribution < 1.29 is 23.5 Å². The molecule has 1 amide bonds. The Morgan fingerprint density at radius 2 is 1.72 bits per heavy atom. The number of hydrogen-bond donors (Lipinski definition) is 0. The number of fused-ring (bicyclic) bond motifs is 1. The fourth-order valence-electron chi connectivity index (χ4n) is 5.68. The second kappa shape index (κ2) is 15.8. The summed E-state index contributed by atoms with van der Waals surface area (Å²) in [5.41, 5.74) is -0.0170. The standard InChI is InChI=1S/C26H33BrClFN2O4.C5H11N.C2H6/c1-8-14(2)18-19(16-13-17(28)20(27)21(29)22(16)30-23(18)34-7)26(15(3)32)9-11-31(12-10-26)24(33)35-25(4,5)6;1-6-4-2-3-5-6;1-2/h13-14H,8-12H2,1-7H3;2-5H2,1H3;1-2H3. The van der Waals surface area contributed by atoms with Crippen LogP contribution >= 0.6 is 27.5 Å². The SMILES string of the molecule is CC.CCC(C)c1c(OC)nc2c(F)c(Br)c(Cl)cc2c1C1(C(C)=O)CCN(C(=O)OC(C)(C)C)CC1.CN1CCCC1. The van der Waals surface area contributed by atoms with Gasteiger partial charge in [-0.15, -0.1) is 0 Å². The first-order chi connectivity index (χ1) is 20.2. The molecule has 4 rings (SSSR count). The minimum Gasteiger partial charge on any atom is -0.481 e. The fourth-order valence-corrected chi connectivity index (χ4v) is 6.18. The van der Waals surface area contributed by atoms with Crippen LogP contribution in [0.2, 0.25) is 5.02 Å². The van der Waals surface area contributed by atoms with Gasteiger partial charge in [-0.05, 0) is 113 Å². The van der Waals surface area contributed by atoms with E-state index in [1.54, 1.807) is 17.9 Å². The Kier molecular flexibility index (Phi) is 13.7.